The van der Waals surface area contributed by atoms with Crippen LogP contribution >= 0.6 is 11.3 Å². The van der Waals surface area contributed by atoms with Gasteiger partial charge in [0.05, 0.1) is 0 Å². The van der Waals surface area contributed by atoms with Gasteiger partial charge in [0.15, 0.2) is 0 Å². The molecule has 0 bridgehead atoms. The SMILES string of the molecule is O=C(NC1CC1)c1ccc(CNC(=O)c2csc(-c3ccccc3F)n2)cc1. The second kappa shape index (κ2) is 7.90. The van der Waals surface area contributed by atoms with Crippen LogP contribution in [0.3, 0.4) is 0 Å². The van der Waals surface area contributed by atoms with Gasteiger partial charge in [-0.25, -0.2) is 9.37 Å². The van der Waals surface area contributed by atoms with E-state index in [-0.39, 0.29) is 23.3 Å². The van der Waals surface area contributed by atoms with Crippen LogP contribution in [0, 0.1) is 5.82 Å². The van der Waals surface area contributed by atoms with Crippen molar-refractivity contribution in [2.75, 3.05) is 0 Å². The van der Waals surface area contributed by atoms with Gasteiger partial charge in [-0.05, 0) is 42.7 Å². The Kier molecular flexibility index (Phi) is 5.16. The zero-order valence-corrected chi connectivity index (χ0v) is 15.8. The van der Waals surface area contributed by atoms with Crippen molar-refractivity contribution in [2.45, 2.75) is 25.4 Å². The molecule has 2 amide bonds. The molecular formula is C21H18FN3O2S. The van der Waals surface area contributed by atoms with Gasteiger partial charge in [-0.3, -0.25) is 9.59 Å². The van der Waals surface area contributed by atoms with Crippen molar-refractivity contribution in [1.29, 1.82) is 0 Å². The number of carbonyl (C=O) groups is 2. The number of amides is 2. The second-order valence-corrected chi connectivity index (χ2v) is 7.50. The highest BCUT2D eigenvalue weighted by Crippen LogP contribution is 2.26. The molecule has 4 rings (SSSR count). The Morgan fingerprint density at radius 3 is 2.54 bits per heavy atom. The normalized spacial score (nSPS) is 13.2. The van der Waals surface area contributed by atoms with Crippen molar-refractivity contribution in [3.63, 3.8) is 0 Å². The van der Waals surface area contributed by atoms with Crippen molar-refractivity contribution >= 4 is 23.2 Å². The standard InChI is InChI=1S/C21H18FN3O2S/c22-17-4-2-1-3-16(17)21-25-18(12-28-21)20(27)23-11-13-5-7-14(8-6-13)19(26)24-15-9-10-15/h1-8,12,15H,9-11H2,(H,23,27)(H,24,26). The number of hydrogen-bond acceptors (Lipinski definition) is 4. The Labute approximate surface area is 165 Å². The lowest BCUT2D eigenvalue weighted by Gasteiger charge is -2.06. The summed E-state index contributed by atoms with van der Waals surface area (Å²) in [6.45, 7) is 0.315. The van der Waals surface area contributed by atoms with E-state index in [0.29, 0.717) is 28.7 Å². The summed E-state index contributed by atoms with van der Waals surface area (Å²) in [5, 5.41) is 7.82. The molecule has 0 atom stereocenters. The Balaban J connectivity index is 1.35. The molecule has 28 heavy (non-hydrogen) atoms. The smallest absolute Gasteiger partial charge is 0.271 e. The van der Waals surface area contributed by atoms with E-state index in [0.717, 1.165) is 18.4 Å². The zero-order chi connectivity index (χ0) is 19.5. The van der Waals surface area contributed by atoms with Gasteiger partial charge in [0.2, 0.25) is 0 Å². The third-order valence-electron chi connectivity index (χ3n) is 4.42. The van der Waals surface area contributed by atoms with Crippen LogP contribution < -0.4 is 10.6 Å². The zero-order valence-electron chi connectivity index (χ0n) is 14.9. The number of halogens is 1. The van der Waals surface area contributed by atoms with E-state index in [1.807, 2.05) is 12.1 Å². The Hall–Kier alpha value is -3.06. The van der Waals surface area contributed by atoms with Crippen molar-refractivity contribution in [2.24, 2.45) is 0 Å². The molecule has 1 aromatic heterocycles. The number of carbonyl (C=O) groups excluding carboxylic acids is 2. The summed E-state index contributed by atoms with van der Waals surface area (Å²) in [4.78, 5) is 28.6. The van der Waals surface area contributed by atoms with Gasteiger partial charge in [0.25, 0.3) is 11.8 Å². The molecule has 0 spiro atoms. The molecule has 1 heterocycles. The minimum absolute atomic E-state index is 0.0683. The van der Waals surface area contributed by atoms with Gasteiger partial charge in [-0.2, -0.15) is 0 Å². The fourth-order valence-corrected chi connectivity index (χ4v) is 3.51. The lowest BCUT2D eigenvalue weighted by atomic mass is 10.1. The molecule has 142 valence electrons. The first-order valence-corrected chi connectivity index (χ1v) is 9.86. The van der Waals surface area contributed by atoms with Gasteiger partial charge in [0.1, 0.15) is 16.5 Å². The first-order chi connectivity index (χ1) is 13.6. The van der Waals surface area contributed by atoms with E-state index in [1.165, 1.54) is 17.4 Å². The molecule has 5 nitrogen and oxygen atoms in total. The summed E-state index contributed by atoms with van der Waals surface area (Å²) in [6.07, 6.45) is 2.09. The van der Waals surface area contributed by atoms with E-state index < -0.39 is 0 Å². The molecule has 1 aliphatic carbocycles. The van der Waals surface area contributed by atoms with Gasteiger partial charge in [-0.15, -0.1) is 11.3 Å². The number of thiazole rings is 1. The van der Waals surface area contributed by atoms with E-state index >= 15 is 0 Å². The van der Waals surface area contributed by atoms with Crippen LogP contribution in [-0.2, 0) is 6.54 Å². The number of nitrogens with one attached hydrogen (secondary N) is 2. The molecule has 2 N–H and O–H groups in total. The van der Waals surface area contributed by atoms with Crippen LogP contribution in [0.2, 0.25) is 0 Å². The maximum Gasteiger partial charge on any atom is 0.271 e. The van der Waals surface area contributed by atoms with E-state index in [9.17, 15) is 14.0 Å². The predicted molar refractivity (Wildman–Crippen MR) is 106 cm³/mol. The molecular weight excluding hydrogens is 377 g/mol. The molecule has 0 unspecified atom stereocenters. The van der Waals surface area contributed by atoms with E-state index in [1.54, 1.807) is 35.7 Å². The van der Waals surface area contributed by atoms with Gasteiger partial charge in [0, 0.05) is 29.1 Å². The fraction of sp³-hybridized carbons (Fsp3) is 0.190. The third-order valence-corrected chi connectivity index (χ3v) is 5.30. The average Bonchev–Trinajstić information content (AvgIpc) is 3.39. The molecule has 7 heteroatoms. The minimum Gasteiger partial charge on any atom is -0.349 e. The highest BCUT2D eigenvalue weighted by Gasteiger charge is 2.23. The van der Waals surface area contributed by atoms with E-state index in [2.05, 4.69) is 15.6 Å². The van der Waals surface area contributed by atoms with Gasteiger partial charge < -0.3 is 10.6 Å². The Morgan fingerprint density at radius 2 is 1.82 bits per heavy atom. The van der Waals surface area contributed by atoms with Crippen LogP contribution in [-0.4, -0.2) is 22.8 Å². The monoisotopic (exact) mass is 395 g/mol. The van der Waals surface area contributed by atoms with Crippen LogP contribution in [0.4, 0.5) is 4.39 Å². The molecule has 3 aromatic rings. The van der Waals surface area contributed by atoms with Crippen molar-refractivity contribution in [3.8, 4) is 10.6 Å². The second-order valence-electron chi connectivity index (χ2n) is 6.65. The first kappa shape index (κ1) is 18.3. The molecule has 2 aromatic carbocycles. The largest absolute Gasteiger partial charge is 0.349 e. The Bertz CT molecular complexity index is 1010. The molecule has 1 aliphatic rings. The highest BCUT2D eigenvalue weighted by molar-refractivity contribution is 7.13. The molecule has 0 aliphatic heterocycles. The lowest BCUT2D eigenvalue weighted by Crippen LogP contribution is -2.25. The maximum atomic E-state index is 13.9. The third kappa shape index (κ3) is 4.26. The summed E-state index contributed by atoms with van der Waals surface area (Å²) < 4.78 is 13.9. The van der Waals surface area contributed by atoms with Crippen LogP contribution in [0.5, 0.6) is 0 Å². The molecule has 1 fully saturated rings. The van der Waals surface area contributed by atoms with E-state index in [4.69, 9.17) is 0 Å². The number of rotatable bonds is 6. The average molecular weight is 395 g/mol. The maximum absolute atomic E-state index is 13.9. The summed E-state index contributed by atoms with van der Waals surface area (Å²) >= 11 is 1.23. The van der Waals surface area contributed by atoms with Crippen molar-refractivity contribution in [3.05, 3.63) is 76.5 Å². The van der Waals surface area contributed by atoms with Crippen LogP contribution in [0.15, 0.2) is 53.9 Å². The molecule has 0 saturated heterocycles. The number of aromatic nitrogens is 1. The van der Waals surface area contributed by atoms with Gasteiger partial charge >= 0.3 is 0 Å². The van der Waals surface area contributed by atoms with Crippen molar-refractivity contribution < 1.29 is 14.0 Å². The van der Waals surface area contributed by atoms with Crippen LogP contribution in [0.25, 0.3) is 10.6 Å². The lowest BCUT2D eigenvalue weighted by molar-refractivity contribution is 0.0939. The summed E-state index contributed by atoms with van der Waals surface area (Å²) in [5.41, 5.74) is 2.12. The quantitative estimate of drug-likeness (QED) is 0.667. The molecule has 1 saturated carbocycles. The Morgan fingerprint density at radius 1 is 1.07 bits per heavy atom. The minimum atomic E-state index is -0.366. The van der Waals surface area contributed by atoms with Crippen LogP contribution in [0.1, 0.15) is 39.3 Å². The first-order valence-electron chi connectivity index (χ1n) is 8.98. The number of hydrogen-bond donors (Lipinski definition) is 2. The predicted octanol–water partition coefficient (Wildman–Crippen LogP) is 3.77. The topological polar surface area (TPSA) is 71.1 Å². The number of nitrogens with zero attached hydrogens (tertiary/aromatic N) is 1. The fourth-order valence-electron chi connectivity index (χ4n) is 2.68. The van der Waals surface area contributed by atoms with Crippen molar-refractivity contribution in [1.82, 2.24) is 15.6 Å². The molecule has 0 radical (unpaired) electrons. The summed E-state index contributed by atoms with van der Waals surface area (Å²) in [5.74, 6) is -0.759. The highest BCUT2D eigenvalue weighted by atomic mass is 32.1. The summed E-state index contributed by atoms with van der Waals surface area (Å²) in [7, 11) is 0. The van der Waals surface area contributed by atoms with Gasteiger partial charge in [-0.1, -0.05) is 24.3 Å². The number of benzene rings is 2. The summed E-state index contributed by atoms with van der Waals surface area (Å²) in [6, 6.07) is 13.8.